The molecule has 0 aromatic heterocycles. The van der Waals surface area contributed by atoms with Crippen molar-refractivity contribution in [2.45, 2.75) is 193 Å². The van der Waals surface area contributed by atoms with E-state index in [-0.39, 0.29) is 5.78 Å². The second-order valence-corrected chi connectivity index (χ2v) is 11.4. The third kappa shape index (κ3) is 25.6. The maximum absolute atomic E-state index is 12.6. The van der Waals surface area contributed by atoms with Crippen molar-refractivity contribution in [3.63, 3.8) is 0 Å². The van der Waals surface area contributed by atoms with Crippen molar-refractivity contribution >= 4 is 5.78 Å². The van der Waals surface area contributed by atoms with Gasteiger partial charge in [0.25, 0.3) is 0 Å². The fourth-order valence-electron chi connectivity index (χ4n) is 5.13. The van der Waals surface area contributed by atoms with E-state index >= 15 is 0 Å². The Bertz CT molecular complexity index is 454. The van der Waals surface area contributed by atoms with Crippen LogP contribution in [0.25, 0.3) is 0 Å². The zero-order valence-corrected chi connectivity index (χ0v) is 25.2. The normalized spacial score (nSPS) is 13.2. The standard InChI is InChI=1S/C33H66O4/c1-3-5-7-9-11-13-15-17-18-20-22-24-26-28-31(35)33(32(36)30-34)37-29-27-25-23-21-19-16-14-12-10-8-6-4-2/h32-34,36H,3-30H2,1-2H3. The van der Waals surface area contributed by atoms with Crippen molar-refractivity contribution in [3.05, 3.63) is 0 Å². The lowest BCUT2D eigenvalue weighted by atomic mass is 10.0. The highest BCUT2D eigenvalue weighted by Gasteiger charge is 2.26. The predicted molar refractivity (Wildman–Crippen MR) is 159 cm³/mol. The van der Waals surface area contributed by atoms with E-state index in [0.29, 0.717) is 13.0 Å². The van der Waals surface area contributed by atoms with Crippen molar-refractivity contribution in [3.8, 4) is 0 Å². The van der Waals surface area contributed by atoms with E-state index in [0.717, 1.165) is 25.7 Å². The van der Waals surface area contributed by atoms with Crippen LogP contribution in [0.3, 0.4) is 0 Å². The number of hydrogen-bond acceptors (Lipinski definition) is 4. The number of Topliss-reactive ketones (excluding diaryl/α,β-unsaturated/α-hetero) is 1. The lowest BCUT2D eigenvalue weighted by molar-refractivity contribution is -0.141. The van der Waals surface area contributed by atoms with Gasteiger partial charge < -0.3 is 14.9 Å². The Morgan fingerprint density at radius 3 is 1.22 bits per heavy atom. The predicted octanol–water partition coefficient (Wildman–Crippen LogP) is 9.48. The second-order valence-electron chi connectivity index (χ2n) is 11.4. The van der Waals surface area contributed by atoms with E-state index in [1.807, 2.05) is 0 Å². The summed E-state index contributed by atoms with van der Waals surface area (Å²) in [6.07, 6.45) is 30.5. The summed E-state index contributed by atoms with van der Waals surface area (Å²) < 4.78 is 5.75. The fraction of sp³-hybridized carbons (Fsp3) is 0.970. The number of hydrogen-bond donors (Lipinski definition) is 2. The van der Waals surface area contributed by atoms with E-state index in [1.165, 1.54) is 135 Å². The first-order valence-electron chi connectivity index (χ1n) is 16.6. The van der Waals surface area contributed by atoms with E-state index in [9.17, 15) is 15.0 Å². The quantitative estimate of drug-likeness (QED) is 0.0883. The van der Waals surface area contributed by atoms with Crippen LogP contribution >= 0.6 is 0 Å². The average molecular weight is 527 g/mol. The Kier molecular flexibility index (Phi) is 29.7. The van der Waals surface area contributed by atoms with Crippen molar-refractivity contribution in [2.24, 2.45) is 0 Å². The Morgan fingerprint density at radius 1 is 0.541 bits per heavy atom. The van der Waals surface area contributed by atoms with Crippen molar-refractivity contribution < 1.29 is 19.7 Å². The number of ketones is 1. The number of rotatable bonds is 31. The van der Waals surface area contributed by atoms with Gasteiger partial charge >= 0.3 is 0 Å². The van der Waals surface area contributed by atoms with Gasteiger partial charge in [0.1, 0.15) is 12.2 Å². The molecule has 0 aromatic rings. The van der Waals surface area contributed by atoms with Gasteiger partial charge in [0.15, 0.2) is 5.78 Å². The zero-order valence-electron chi connectivity index (χ0n) is 25.2. The first kappa shape index (κ1) is 36.5. The molecular formula is C33H66O4. The molecule has 37 heavy (non-hydrogen) atoms. The number of aliphatic hydroxyl groups excluding tert-OH is 2. The van der Waals surface area contributed by atoms with Gasteiger partial charge in [-0.3, -0.25) is 4.79 Å². The third-order valence-electron chi connectivity index (χ3n) is 7.68. The van der Waals surface area contributed by atoms with E-state index in [1.54, 1.807) is 0 Å². The molecule has 2 unspecified atom stereocenters. The summed E-state index contributed by atoms with van der Waals surface area (Å²) in [4.78, 5) is 12.6. The van der Waals surface area contributed by atoms with Gasteiger partial charge in [-0.15, -0.1) is 0 Å². The maximum atomic E-state index is 12.6. The Morgan fingerprint density at radius 2 is 0.865 bits per heavy atom. The Labute approximate surface area is 231 Å². The maximum Gasteiger partial charge on any atom is 0.164 e. The summed E-state index contributed by atoms with van der Waals surface area (Å²) in [6, 6.07) is 0. The summed E-state index contributed by atoms with van der Waals surface area (Å²) >= 11 is 0. The van der Waals surface area contributed by atoms with Gasteiger partial charge in [-0.25, -0.2) is 0 Å². The van der Waals surface area contributed by atoms with Gasteiger partial charge in [0.05, 0.1) is 6.61 Å². The van der Waals surface area contributed by atoms with Crippen LogP contribution in [-0.4, -0.2) is 41.4 Å². The summed E-state index contributed by atoms with van der Waals surface area (Å²) in [7, 11) is 0. The molecular weight excluding hydrogens is 460 g/mol. The molecule has 0 radical (unpaired) electrons. The first-order valence-corrected chi connectivity index (χ1v) is 16.6. The number of carbonyl (C=O) groups is 1. The molecule has 0 spiro atoms. The van der Waals surface area contributed by atoms with E-state index in [2.05, 4.69) is 13.8 Å². The molecule has 4 nitrogen and oxygen atoms in total. The number of carbonyl (C=O) groups excluding carboxylic acids is 1. The van der Waals surface area contributed by atoms with Crippen molar-refractivity contribution in [1.82, 2.24) is 0 Å². The molecule has 222 valence electrons. The molecule has 0 fully saturated rings. The topological polar surface area (TPSA) is 66.8 Å². The zero-order chi connectivity index (χ0) is 27.2. The van der Waals surface area contributed by atoms with Gasteiger partial charge in [-0.2, -0.15) is 0 Å². The minimum Gasteiger partial charge on any atom is -0.394 e. The van der Waals surface area contributed by atoms with Gasteiger partial charge in [-0.05, 0) is 12.8 Å². The number of ether oxygens (including phenoxy) is 1. The van der Waals surface area contributed by atoms with Crippen LogP contribution in [0.1, 0.15) is 181 Å². The summed E-state index contributed by atoms with van der Waals surface area (Å²) in [5.74, 6) is -0.0523. The smallest absolute Gasteiger partial charge is 0.164 e. The number of aliphatic hydroxyl groups is 2. The van der Waals surface area contributed by atoms with Crippen LogP contribution in [0.4, 0.5) is 0 Å². The Hall–Kier alpha value is -0.450. The molecule has 4 heteroatoms. The van der Waals surface area contributed by atoms with Crippen LogP contribution in [0.5, 0.6) is 0 Å². The average Bonchev–Trinajstić information content (AvgIpc) is 2.91. The molecule has 0 saturated heterocycles. The summed E-state index contributed by atoms with van der Waals surface area (Å²) in [5.41, 5.74) is 0. The molecule has 0 aliphatic carbocycles. The highest BCUT2D eigenvalue weighted by atomic mass is 16.5. The SMILES string of the molecule is CCCCCCCCCCCCCCCC(=O)C(OCCCCCCCCCCCCCC)C(O)CO. The third-order valence-corrected chi connectivity index (χ3v) is 7.68. The molecule has 0 rings (SSSR count). The van der Waals surface area contributed by atoms with E-state index < -0.39 is 18.8 Å². The second kappa shape index (κ2) is 30.1. The van der Waals surface area contributed by atoms with Gasteiger partial charge in [0, 0.05) is 13.0 Å². The van der Waals surface area contributed by atoms with Crippen molar-refractivity contribution in [2.75, 3.05) is 13.2 Å². The van der Waals surface area contributed by atoms with Crippen LogP contribution in [-0.2, 0) is 9.53 Å². The summed E-state index contributed by atoms with van der Waals surface area (Å²) in [5, 5.41) is 19.4. The Balaban J connectivity index is 3.68. The molecule has 0 aliphatic heterocycles. The lowest BCUT2D eigenvalue weighted by Gasteiger charge is -2.21. The van der Waals surface area contributed by atoms with Gasteiger partial charge in [0.2, 0.25) is 0 Å². The number of unbranched alkanes of at least 4 members (excludes halogenated alkanes) is 23. The van der Waals surface area contributed by atoms with Crippen LogP contribution in [0.15, 0.2) is 0 Å². The minimum absolute atomic E-state index is 0.0523. The fourth-order valence-corrected chi connectivity index (χ4v) is 5.13. The molecule has 0 amide bonds. The molecule has 0 aliphatic rings. The van der Waals surface area contributed by atoms with Crippen molar-refractivity contribution in [1.29, 1.82) is 0 Å². The molecule has 2 atom stereocenters. The molecule has 0 saturated carbocycles. The molecule has 0 bridgehead atoms. The summed E-state index contributed by atoms with van der Waals surface area (Å²) in [6.45, 7) is 4.59. The lowest BCUT2D eigenvalue weighted by Crippen LogP contribution is -2.39. The highest BCUT2D eigenvalue weighted by molar-refractivity contribution is 5.83. The monoisotopic (exact) mass is 526 g/mol. The first-order chi connectivity index (χ1) is 18.2. The van der Waals surface area contributed by atoms with Gasteiger partial charge in [-0.1, -0.05) is 162 Å². The van der Waals surface area contributed by atoms with Crippen LogP contribution < -0.4 is 0 Å². The minimum atomic E-state index is -1.10. The molecule has 0 aromatic carbocycles. The largest absolute Gasteiger partial charge is 0.394 e. The van der Waals surface area contributed by atoms with Crippen LogP contribution in [0, 0.1) is 0 Å². The van der Waals surface area contributed by atoms with Crippen LogP contribution in [0.2, 0.25) is 0 Å². The van der Waals surface area contributed by atoms with E-state index in [4.69, 9.17) is 4.74 Å². The highest BCUT2D eigenvalue weighted by Crippen LogP contribution is 2.15. The molecule has 0 heterocycles. The molecule has 2 N–H and O–H groups in total.